The number of amidine groups is 1. The van der Waals surface area contributed by atoms with E-state index in [-0.39, 0.29) is 18.4 Å². The van der Waals surface area contributed by atoms with E-state index in [1.54, 1.807) is 0 Å². The zero-order valence-corrected chi connectivity index (χ0v) is 30.9. The van der Waals surface area contributed by atoms with Gasteiger partial charge < -0.3 is 14.8 Å². The van der Waals surface area contributed by atoms with E-state index in [1.807, 2.05) is 0 Å². The maximum absolute atomic E-state index is 5.37. The predicted molar refractivity (Wildman–Crippen MR) is 232 cm³/mol. The molecule has 0 saturated heterocycles. The Morgan fingerprint density at radius 3 is 2.14 bits per heavy atom. The van der Waals surface area contributed by atoms with Crippen LogP contribution in [0, 0.1) is 5.92 Å². The van der Waals surface area contributed by atoms with Crippen LogP contribution in [0.3, 0.4) is 0 Å². The van der Waals surface area contributed by atoms with Crippen molar-refractivity contribution in [2.24, 2.45) is 10.9 Å². The molecule has 0 spiro atoms. The fourth-order valence-electron chi connectivity index (χ4n) is 9.22. The quantitative estimate of drug-likeness (QED) is 0.180. The van der Waals surface area contributed by atoms with Crippen LogP contribution in [-0.2, 0) is 0 Å². The molecule has 270 valence electrons. The Morgan fingerprint density at radius 2 is 1.30 bits per heavy atom. The molecule has 7 aromatic rings. The molecule has 2 N–H and O–H groups in total. The molecule has 5 unspecified atom stereocenters. The second-order valence-electron chi connectivity index (χ2n) is 15.2. The largest absolute Gasteiger partial charge is 0.354 e. The zero-order chi connectivity index (χ0) is 37.0. The number of para-hydroxylation sites is 2. The van der Waals surface area contributed by atoms with Crippen LogP contribution in [0.5, 0.6) is 0 Å². The first-order chi connectivity index (χ1) is 27.8. The number of allylic oxidation sites excluding steroid dienone is 5. The SMILES string of the molecule is C1=CCC(C2NC(c3ccc(-c4ccccc4)cc3)=NC(c3cccc(-n4c5ccccc5c5cc6c(cc54)N(c4ccccc4)C4C=CC=CC64)c3)N2)C=C1. The summed E-state index contributed by atoms with van der Waals surface area (Å²) < 4.78 is 2.45. The van der Waals surface area contributed by atoms with E-state index >= 15 is 0 Å². The Kier molecular flexibility index (Phi) is 7.92. The van der Waals surface area contributed by atoms with Crippen molar-refractivity contribution < 1.29 is 0 Å². The van der Waals surface area contributed by atoms with Gasteiger partial charge >= 0.3 is 0 Å². The summed E-state index contributed by atoms with van der Waals surface area (Å²) >= 11 is 0. The van der Waals surface area contributed by atoms with Crippen LogP contribution < -0.4 is 15.5 Å². The smallest absolute Gasteiger partial charge is 0.131 e. The second kappa shape index (κ2) is 13.6. The van der Waals surface area contributed by atoms with Gasteiger partial charge in [-0.3, -0.25) is 5.32 Å². The van der Waals surface area contributed by atoms with Crippen molar-refractivity contribution in [3.63, 3.8) is 0 Å². The predicted octanol–water partition coefficient (Wildman–Crippen LogP) is 11.3. The molecule has 0 saturated carbocycles. The van der Waals surface area contributed by atoms with Gasteiger partial charge in [0, 0.05) is 45.2 Å². The van der Waals surface area contributed by atoms with Gasteiger partial charge in [-0.05, 0) is 71.1 Å². The molecule has 0 amide bonds. The molecule has 4 aliphatic rings. The normalized spacial score (nSPS) is 22.2. The van der Waals surface area contributed by atoms with Crippen molar-refractivity contribution in [2.75, 3.05) is 4.90 Å². The van der Waals surface area contributed by atoms with Gasteiger partial charge in [0.1, 0.15) is 12.0 Å². The van der Waals surface area contributed by atoms with Gasteiger partial charge in [0.25, 0.3) is 0 Å². The molecule has 5 atom stereocenters. The van der Waals surface area contributed by atoms with Gasteiger partial charge in [0.2, 0.25) is 0 Å². The van der Waals surface area contributed by atoms with Gasteiger partial charge in [-0.1, -0.05) is 152 Å². The van der Waals surface area contributed by atoms with Crippen LogP contribution in [0.25, 0.3) is 38.6 Å². The highest BCUT2D eigenvalue weighted by molar-refractivity contribution is 6.11. The monoisotopic (exact) mass is 723 g/mol. The average Bonchev–Trinajstić information content (AvgIpc) is 3.78. The van der Waals surface area contributed by atoms with E-state index in [2.05, 4.69) is 214 Å². The molecule has 2 aliphatic carbocycles. The Labute approximate surface area is 327 Å². The summed E-state index contributed by atoms with van der Waals surface area (Å²) in [5, 5.41) is 10.2. The molecule has 11 rings (SSSR count). The van der Waals surface area contributed by atoms with E-state index in [1.165, 1.54) is 49.9 Å². The van der Waals surface area contributed by atoms with Gasteiger partial charge in [0.15, 0.2) is 0 Å². The number of rotatable bonds is 6. The summed E-state index contributed by atoms with van der Waals surface area (Å²) in [6.07, 6.45) is 18.7. The van der Waals surface area contributed by atoms with E-state index in [0.29, 0.717) is 11.8 Å². The highest BCUT2D eigenvalue weighted by Crippen LogP contribution is 2.50. The Morgan fingerprint density at radius 1 is 0.571 bits per heavy atom. The number of anilines is 2. The molecule has 0 radical (unpaired) electrons. The van der Waals surface area contributed by atoms with E-state index in [9.17, 15) is 0 Å². The Balaban J connectivity index is 1.03. The summed E-state index contributed by atoms with van der Waals surface area (Å²) in [5.41, 5.74) is 12.0. The highest BCUT2D eigenvalue weighted by atomic mass is 15.3. The van der Waals surface area contributed by atoms with E-state index in [4.69, 9.17) is 4.99 Å². The van der Waals surface area contributed by atoms with Gasteiger partial charge in [-0.25, -0.2) is 4.99 Å². The average molecular weight is 724 g/mol. The van der Waals surface area contributed by atoms with Crippen molar-refractivity contribution in [3.8, 4) is 16.8 Å². The molecule has 0 bridgehead atoms. The van der Waals surface area contributed by atoms with Crippen molar-refractivity contribution in [1.29, 1.82) is 0 Å². The zero-order valence-electron chi connectivity index (χ0n) is 30.9. The number of hydrogen-bond acceptors (Lipinski definition) is 4. The number of benzene rings is 6. The Bertz CT molecular complexity index is 2750. The van der Waals surface area contributed by atoms with Crippen LogP contribution in [0.1, 0.15) is 35.2 Å². The summed E-state index contributed by atoms with van der Waals surface area (Å²) in [6.45, 7) is 0. The van der Waals surface area contributed by atoms with Gasteiger partial charge in [0.05, 0.1) is 23.2 Å². The molecule has 1 aromatic heterocycles. The van der Waals surface area contributed by atoms with E-state index in [0.717, 1.165) is 29.1 Å². The first-order valence-electron chi connectivity index (χ1n) is 19.7. The molecule has 56 heavy (non-hydrogen) atoms. The number of hydrogen-bond donors (Lipinski definition) is 2. The third kappa shape index (κ3) is 5.54. The second-order valence-corrected chi connectivity index (χ2v) is 15.2. The summed E-state index contributed by atoms with van der Waals surface area (Å²) in [4.78, 5) is 7.89. The molecular formula is C51H41N5. The minimum absolute atomic E-state index is 0.0117. The summed E-state index contributed by atoms with van der Waals surface area (Å²) in [6, 6.07) is 53.1. The van der Waals surface area contributed by atoms with Crippen LogP contribution in [-0.4, -0.2) is 22.6 Å². The lowest BCUT2D eigenvalue weighted by Gasteiger charge is -2.36. The van der Waals surface area contributed by atoms with Gasteiger partial charge in [-0.15, -0.1) is 0 Å². The highest BCUT2D eigenvalue weighted by Gasteiger charge is 2.38. The number of aliphatic imine (C=N–C) groups is 1. The van der Waals surface area contributed by atoms with Crippen molar-refractivity contribution in [1.82, 2.24) is 15.2 Å². The third-order valence-electron chi connectivity index (χ3n) is 11.9. The lowest BCUT2D eigenvalue weighted by Crippen LogP contribution is -2.54. The fraction of sp³-hybridized carbons (Fsp3) is 0.118. The first kappa shape index (κ1) is 32.7. The fourth-order valence-corrected chi connectivity index (χ4v) is 9.22. The molecule has 6 aromatic carbocycles. The van der Waals surface area contributed by atoms with Gasteiger partial charge in [-0.2, -0.15) is 0 Å². The first-order valence-corrected chi connectivity index (χ1v) is 19.7. The van der Waals surface area contributed by atoms with Crippen molar-refractivity contribution in [3.05, 3.63) is 211 Å². The van der Waals surface area contributed by atoms with Crippen LogP contribution in [0.15, 0.2) is 199 Å². The number of aromatic nitrogens is 1. The lowest BCUT2D eigenvalue weighted by molar-refractivity contribution is 0.328. The standard InChI is InChI=1S/C51H41N5/c1-4-15-34(16-5-1)35-27-29-37(30-28-35)50-52-49(36-17-6-2-7-18-36)53-51(54-50)38-19-14-22-40(31-38)56-46-26-13-11-24-42(46)44-32-43-41-23-10-12-25-45(41)55(47(43)33-48(44)56)39-20-8-3-9-21-39/h1-17,19-33,36,41,45,49,51,53H,18H2,(H,52,54). The van der Waals surface area contributed by atoms with Crippen LogP contribution in [0.4, 0.5) is 11.4 Å². The summed E-state index contributed by atoms with van der Waals surface area (Å²) in [5.74, 6) is 1.49. The molecule has 0 fully saturated rings. The summed E-state index contributed by atoms with van der Waals surface area (Å²) in [7, 11) is 0. The molecule has 3 heterocycles. The van der Waals surface area contributed by atoms with Crippen LogP contribution >= 0.6 is 0 Å². The molecular weight excluding hydrogens is 683 g/mol. The molecule has 5 heteroatoms. The van der Waals surface area contributed by atoms with Crippen LogP contribution in [0.2, 0.25) is 0 Å². The topological polar surface area (TPSA) is 44.6 Å². The van der Waals surface area contributed by atoms with Crippen molar-refractivity contribution >= 4 is 39.0 Å². The minimum Gasteiger partial charge on any atom is -0.354 e. The van der Waals surface area contributed by atoms with E-state index < -0.39 is 0 Å². The maximum atomic E-state index is 5.37. The number of nitrogens with zero attached hydrogens (tertiary/aromatic N) is 3. The third-order valence-corrected chi connectivity index (χ3v) is 11.9. The van der Waals surface area contributed by atoms with Crippen molar-refractivity contribution in [2.45, 2.75) is 30.7 Å². The lowest BCUT2D eigenvalue weighted by atomic mass is 9.90. The molecule has 2 aliphatic heterocycles. The molecule has 5 nitrogen and oxygen atoms in total. The minimum atomic E-state index is -0.239. The maximum Gasteiger partial charge on any atom is 0.131 e. The number of nitrogens with one attached hydrogen (secondary N) is 2. The Hall–Kier alpha value is -6.69. The number of fused-ring (bicyclic) bond motifs is 6.